The monoisotopic (exact) mass is 410 g/mol. The van der Waals surface area contributed by atoms with Gasteiger partial charge in [-0.1, -0.05) is 42.5 Å². The predicted octanol–water partition coefficient (Wildman–Crippen LogP) is 3.68. The van der Waals surface area contributed by atoms with Crippen molar-refractivity contribution in [2.75, 3.05) is 26.7 Å². The molecule has 0 bridgehead atoms. The highest BCUT2D eigenvalue weighted by molar-refractivity contribution is 5.80. The second kappa shape index (κ2) is 10.9. The highest BCUT2D eigenvalue weighted by Crippen LogP contribution is 2.29. The first kappa shape index (κ1) is 22.0. The van der Waals surface area contributed by atoms with E-state index in [1.807, 2.05) is 12.1 Å². The van der Waals surface area contributed by atoms with Crippen LogP contribution in [0.4, 0.5) is 0 Å². The Morgan fingerprint density at radius 1 is 1.17 bits per heavy atom. The number of ether oxygens (including phenoxy) is 1. The molecule has 2 aromatic rings. The number of nitrogens with zero attached hydrogens (tertiary/aromatic N) is 2. The minimum Gasteiger partial charge on any atom is -0.504 e. The van der Waals surface area contributed by atoms with Gasteiger partial charge in [0, 0.05) is 37.3 Å². The molecule has 1 heterocycles. The van der Waals surface area contributed by atoms with Gasteiger partial charge in [0.15, 0.2) is 17.5 Å². The van der Waals surface area contributed by atoms with E-state index in [0.29, 0.717) is 24.4 Å². The Morgan fingerprint density at radius 3 is 2.57 bits per heavy atom. The summed E-state index contributed by atoms with van der Waals surface area (Å²) < 4.78 is 5.19. The van der Waals surface area contributed by atoms with E-state index in [-0.39, 0.29) is 5.75 Å². The molecule has 0 radical (unpaired) electrons. The summed E-state index contributed by atoms with van der Waals surface area (Å²) in [4.78, 5) is 7.23. The zero-order valence-electron chi connectivity index (χ0n) is 18.3. The van der Waals surface area contributed by atoms with Crippen molar-refractivity contribution in [3.8, 4) is 11.5 Å². The molecule has 1 aliphatic rings. The molecule has 0 amide bonds. The molecular weight excluding hydrogens is 376 g/mol. The van der Waals surface area contributed by atoms with Crippen LogP contribution in [0.15, 0.2) is 53.5 Å². The molecule has 2 aromatic carbocycles. The summed E-state index contributed by atoms with van der Waals surface area (Å²) in [5.41, 5.74) is 2.12. The molecule has 0 saturated carbocycles. The van der Waals surface area contributed by atoms with Crippen molar-refractivity contribution in [1.82, 2.24) is 15.5 Å². The van der Waals surface area contributed by atoms with Crippen LogP contribution in [0.3, 0.4) is 0 Å². The molecule has 0 spiro atoms. The summed E-state index contributed by atoms with van der Waals surface area (Å²) in [5.74, 6) is 1.41. The minimum absolute atomic E-state index is 0.155. The minimum atomic E-state index is 0.155. The zero-order chi connectivity index (χ0) is 21.3. The van der Waals surface area contributed by atoms with Gasteiger partial charge in [0.2, 0.25) is 0 Å². The van der Waals surface area contributed by atoms with Gasteiger partial charge >= 0.3 is 0 Å². The van der Waals surface area contributed by atoms with Crippen molar-refractivity contribution in [2.45, 2.75) is 45.3 Å². The molecule has 6 heteroatoms. The number of guanidine groups is 1. The topological polar surface area (TPSA) is 69.1 Å². The zero-order valence-corrected chi connectivity index (χ0v) is 18.3. The Bertz CT molecular complexity index is 817. The summed E-state index contributed by atoms with van der Waals surface area (Å²) in [6.07, 6.45) is 2.15. The summed E-state index contributed by atoms with van der Waals surface area (Å²) >= 11 is 0. The molecule has 0 aliphatic carbocycles. The number of rotatable bonds is 7. The third kappa shape index (κ3) is 5.66. The van der Waals surface area contributed by atoms with Gasteiger partial charge in [-0.15, -0.1) is 0 Å². The number of phenolic OH excluding ortho intramolecular Hbond substituents is 1. The Balaban J connectivity index is 1.56. The molecule has 0 aromatic heterocycles. The van der Waals surface area contributed by atoms with Gasteiger partial charge in [-0.05, 0) is 38.3 Å². The van der Waals surface area contributed by atoms with Crippen molar-refractivity contribution in [2.24, 2.45) is 4.99 Å². The first-order chi connectivity index (χ1) is 14.6. The number of piperidine rings is 1. The van der Waals surface area contributed by atoms with Crippen molar-refractivity contribution in [1.29, 1.82) is 0 Å². The van der Waals surface area contributed by atoms with Gasteiger partial charge in [-0.2, -0.15) is 0 Å². The van der Waals surface area contributed by atoms with Crippen LogP contribution in [0.5, 0.6) is 11.5 Å². The molecule has 3 N–H and O–H groups in total. The smallest absolute Gasteiger partial charge is 0.191 e. The van der Waals surface area contributed by atoms with Crippen LogP contribution in [0.2, 0.25) is 0 Å². The maximum atomic E-state index is 10.3. The Kier molecular flexibility index (Phi) is 7.97. The van der Waals surface area contributed by atoms with E-state index in [0.717, 1.165) is 44.0 Å². The van der Waals surface area contributed by atoms with Gasteiger partial charge in [0.25, 0.3) is 0 Å². The first-order valence-corrected chi connectivity index (χ1v) is 10.8. The highest BCUT2D eigenvalue weighted by atomic mass is 16.5. The van der Waals surface area contributed by atoms with E-state index in [1.165, 1.54) is 5.56 Å². The van der Waals surface area contributed by atoms with E-state index in [9.17, 15) is 5.11 Å². The van der Waals surface area contributed by atoms with Crippen LogP contribution in [0.25, 0.3) is 0 Å². The molecule has 30 heavy (non-hydrogen) atoms. The first-order valence-electron chi connectivity index (χ1n) is 10.8. The quantitative estimate of drug-likeness (QED) is 0.480. The molecule has 1 atom stereocenters. The lowest BCUT2D eigenvalue weighted by molar-refractivity contribution is 0.158. The molecule has 6 nitrogen and oxygen atoms in total. The van der Waals surface area contributed by atoms with Gasteiger partial charge in [-0.25, -0.2) is 4.99 Å². The SMILES string of the molecule is CCNC(=NCc1cccc(OC)c1O)NC1CCN(C(C)c2ccccc2)CC1. The van der Waals surface area contributed by atoms with Crippen LogP contribution >= 0.6 is 0 Å². The molecule has 1 saturated heterocycles. The van der Waals surface area contributed by atoms with Crippen LogP contribution in [0, 0.1) is 0 Å². The molecule has 3 rings (SSSR count). The van der Waals surface area contributed by atoms with Gasteiger partial charge in [0.1, 0.15) is 0 Å². The Hall–Kier alpha value is -2.73. The van der Waals surface area contributed by atoms with Gasteiger partial charge in [-0.3, -0.25) is 4.90 Å². The average Bonchev–Trinajstić information content (AvgIpc) is 2.79. The molecule has 1 unspecified atom stereocenters. The second-order valence-electron chi connectivity index (χ2n) is 7.70. The van der Waals surface area contributed by atoms with Crippen molar-refractivity contribution < 1.29 is 9.84 Å². The number of para-hydroxylation sites is 1. The van der Waals surface area contributed by atoms with E-state index < -0.39 is 0 Å². The summed E-state index contributed by atoms with van der Waals surface area (Å²) in [5, 5.41) is 17.2. The average molecular weight is 411 g/mol. The standard InChI is InChI=1S/C24H34N4O2/c1-4-25-24(26-17-20-11-8-12-22(30-3)23(20)29)27-21-13-15-28(16-14-21)18(2)19-9-6-5-7-10-19/h5-12,18,21,29H,4,13-17H2,1-3H3,(H2,25,26,27). The van der Waals surface area contributed by atoms with Gasteiger partial charge < -0.3 is 20.5 Å². The Morgan fingerprint density at radius 2 is 1.90 bits per heavy atom. The number of likely N-dealkylation sites (tertiary alicyclic amines) is 1. The summed E-state index contributed by atoms with van der Waals surface area (Å²) in [6, 6.07) is 17.0. The normalized spacial score (nSPS) is 16.8. The fraction of sp³-hybridized carbons (Fsp3) is 0.458. The van der Waals surface area contributed by atoms with Crippen LogP contribution in [-0.4, -0.2) is 48.8 Å². The lowest BCUT2D eigenvalue weighted by Gasteiger charge is -2.37. The van der Waals surface area contributed by atoms with E-state index in [1.54, 1.807) is 13.2 Å². The fourth-order valence-corrected chi connectivity index (χ4v) is 3.91. The number of hydrogen-bond donors (Lipinski definition) is 3. The highest BCUT2D eigenvalue weighted by Gasteiger charge is 2.24. The third-order valence-electron chi connectivity index (χ3n) is 5.75. The molecule has 1 fully saturated rings. The number of aromatic hydroxyl groups is 1. The molecular formula is C24H34N4O2. The van der Waals surface area contributed by atoms with Crippen LogP contribution in [-0.2, 0) is 6.54 Å². The number of phenols is 1. The number of methoxy groups -OCH3 is 1. The maximum Gasteiger partial charge on any atom is 0.191 e. The molecule has 162 valence electrons. The summed E-state index contributed by atoms with van der Waals surface area (Å²) in [7, 11) is 1.55. The van der Waals surface area contributed by atoms with E-state index >= 15 is 0 Å². The third-order valence-corrected chi connectivity index (χ3v) is 5.75. The summed E-state index contributed by atoms with van der Waals surface area (Å²) in [6.45, 7) is 7.65. The lowest BCUT2D eigenvalue weighted by atomic mass is 10.0. The number of hydrogen-bond acceptors (Lipinski definition) is 4. The lowest BCUT2D eigenvalue weighted by Crippen LogP contribution is -2.49. The second-order valence-corrected chi connectivity index (χ2v) is 7.70. The number of nitrogens with one attached hydrogen (secondary N) is 2. The maximum absolute atomic E-state index is 10.3. The van der Waals surface area contributed by atoms with Crippen molar-refractivity contribution in [3.63, 3.8) is 0 Å². The van der Waals surface area contributed by atoms with Gasteiger partial charge in [0.05, 0.1) is 13.7 Å². The fourth-order valence-electron chi connectivity index (χ4n) is 3.91. The van der Waals surface area contributed by atoms with Crippen molar-refractivity contribution in [3.05, 3.63) is 59.7 Å². The van der Waals surface area contributed by atoms with E-state index in [4.69, 9.17) is 4.74 Å². The van der Waals surface area contributed by atoms with E-state index in [2.05, 4.69) is 64.7 Å². The Labute approximate surface area is 180 Å². The largest absolute Gasteiger partial charge is 0.504 e. The molecule has 1 aliphatic heterocycles. The predicted molar refractivity (Wildman–Crippen MR) is 122 cm³/mol. The van der Waals surface area contributed by atoms with Crippen LogP contribution < -0.4 is 15.4 Å². The number of aliphatic imine (C=N–C) groups is 1. The van der Waals surface area contributed by atoms with Crippen LogP contribution in [0.1, 0.15) is 43.9 Å². The van der Waals surface area contributed by atoms with Crippen molar-refractivity contribution >= 4 is 5.96 Å². The number of benzene rings is 2.